The Kier molecular flexibility index (Phi) is 3.78. The Hall–Kier alpha value is -2.45. The molecule has 0 saturated heterocycles. The maximum atomic E-state index is 12.4. The molecule has 9 heteroatoms. The van der Waals surface area contributed by atoms with E-state index < -0.39 is 16.0 Å². The smallest absolute Gasteiger partial charge is 0.335 e. The molecule has 3 rings (SSSR count). The Balaban J connectivity index is 1.96. The topological polar surface area (TPSA) is 102 Å². The van der Waals surface area contributed by atoms with Gasteiger partial charge in [-0.15, -0.1) is 0 Å². The van der Waals surface area contributed by atoms with Gasteiger partial charge in [0, 0.05) is 6.07 Å². The maximum absolute atomic E-state index is 12.4. The van der Waals surface area contributed by atoms with E-state index in [4.69, 9.17) is 26.2 Å². The van der Waals surface area contributed by atoms with Gasteiger partial charge in [-0.25, -0.2) is 13.2 Å². The van der Waals surface area contributed by atoms with Gasteiger partial charge in [-0.2, -0.15) is 0 Å². The number of nitrogens with one attached hydrogen (secondary N) is 1. The molecule has 0 unspecified atom stereocenters. The number of ether oxygens (including phenoxy) is 2. The molecule has 1 aliphatic heterocycles. The monoisotopic (exact) mass is 355 g/mol. The van der Waals surface area contributed by atoms with Crippen molar-refractivity contribution in [2.24, 2.45) is 0 Å². The summed E-state index contributed by atoms with van der Waals surface area (Å²) in [5, 5.41) is 8.89. The van der Waals surface area contributed by atoms with Gasteiger partial charge in [0.05, 0.1) is 16.3 Å². The van der Waals surface area contributed by atoms with Crippen LogP contribution in [0, 0.1) is 0 Å². The lowest BCUT2D eigenvalue weighted by Crippen LogP contribution is -2.14. The van der Waals surface area contributed by atoms with Crippen molar-refractivity contribution in [1.82, 2.24) is 0 Å². The van der Waals surface area contributed by atoms with Crippen LogP contribution in [0.2, 0.25) is 5.02 Å². The van der Waals surface area contributed by atoms with Gasteiger partial charge < -0.3 is 14.6 Å². The SMILES string of the molecule is O=C(O)c1ccc(Cl)c(S(=O)(=O)Nc2ccc3c(c2)OCO3)c1. The normalized spacial score (nSPS) is 12.9. The number of rotatable bonds is 4. The van der Waals surface area contributed by atoms with E-state index in [-0.39, 0.29) is 28.0 Å². The molecule has 1 aliphatic rings. The van der Waals surface area contributed by atoms with E-state index in [1.54, 1.807) is 6.07 Å². The van der Waals surface area contributed by atoms with E-state index >= 15 is 0 Å². The minimum Gasteiger partial charge on any atom is -0.478 e. The van der Waals surface area contributed by atoms with Gasteiger partial charge in [-0.05, 0) is 30.3 Å². The molecule has 0 aliphatic carbocycles. The van der Waals surface area contributed by atoms with Crippen LogP contribution in [0.25, 0.3) is 0 Å². The Morgan fingerprint density at radius 3 is 2.61 bits per heavy atom. The molecular weight excluding hydrogens is 346 g/mol. The van der Waals surface area contributed by atoms with E-state index in [1.165, 1.54) is 24.3 Å². The second kappa shape index (κ2) is 5.64. The molecule has 0 amide bonds. The summed E-state index contributed by atoms with van der Waals surface area (Å²) in [6, 6.07) is 7.98. The predicted octanol–water partition coefficient (Wildman–Crippen LogP) is 2.57. The van der Waals surface area contributed by atoms with Gasteiger partial charge in [-0.3, -0.25) is 4.72 Å². The molecule has 7 nitrogen and oxygen atoms in total. The molecule has 0 atom stereocenters. The van der Waals surface area contributed by atoms with E-state index in [0.717, 1.165) is 6.07 Å². The highest BCUT2D eigenvalue weighted by Crippen LogP contribution is 2.35. The molecule has 2 aromatic rings. The van der Waals surface area contributed by atoms with Gasteiger partial charge in [-0.1, -0.05) is 11.6 Å². The van der Waals surface area contributed by atoms with Crippen LogP contribution in [0.1, 0.15) is 10.4 Å². The first-order chi connectivity index (χ1) is 10.9. The van der Waals surface area contributed by atoms with Crippen molar-refractivity contribution in [3.8, 4) is 11.5 Å². The van der Waals surface area contributed by atoms with Gasteiger partial charge in [0.25, 0.3) is 10.0 Å². The lowest BCUT2D eigenvalue weighted by atomic mass is 10.2. The molecule has 0 spiro atoms. The molecule has 2 aromatic carbocycles. The number of carboxylic acid groups (broad SMARTS) is 1. The lowest BCUT2D eigenvalue weighted by molar-refractivity contribution is 0.0696. The van der Waals surface area contributed by atoms with E-state index in [2.05, 4.69) is 4.72 Å². The zero-order valence-corrected chi connectivity index (χ0v) is 13.0. The third-order valence-electron chi connectivity index (χ3n) is 3.09. The number of hydrogen-bond acceptors (Lipinski definition) is 5. The van der Waals surface area contributed by atoms with Crippen LogP contribution in [0.15, 0.2) is 41.3 Å². The quantitative estimate of drug-likeness (QED) is 0.873. The third kappa shape index (κ3) is 3.03. The molecule has 23 heavy (non-hydrogen) atoms. The average molecular weight is 356 g/mol. The lowest BCUT2D eigenvalue weighted by Gasteiger charge is -2.10. The highest BCUT2D eigenvalue weighted by molar-refractivity contribution is 7.92. The van der Waals surface area contributed by atoms with Gasteiger partial charge in [0.15, 0.2) is 11.5 Å². The number of halogens is 1. The number of fused-ring (bicyclic) bond motifs is 1. The molecular formula is C14H10ClNO6S. The maximum Gasteiger partial charge on any atom is 0.335 e. The van der Waals surface area contributed by atoms with Crippen molar-refractivity contribution in [3.63, 3.8) is 0 Å². The van der Waals surface area contributed by atoms with Crippen LogP contribution < -0.4 is 14.2 Å². The van der Waals surface area contributed by atoms with Crippen LogP contribution in [-0.4, -0.2) is 26.3 Å². The molecule has 0 aromatic heterocycles. The average Bonchev–Trinajstić information content (AvgIpc) is 2.94. The highest BCUT2D eigenvalue weighted by atomic mass is 35.5. The van der Waals surface area contributed by atoms with Crippen LogP contribution >= 0.6 is 11.6 Å². The molecule has 0 saturated carbocycles. The first-order valence-electron chi connectivity index (χ1n) is 6.32. The fraction of sp³-hybridized carbons (Fsp3) is 0.0714. The summed E-state index contributed by atoms with van der Waals surface area (Å²) in [4.78, 5) is 10.7. The van der Waals surface area contributed by atoms with Crippen LogP contribution in [0.3, 0.4) is 0 Å². The first-order valence-corrected chi connectivity index (χ1v) is 8.18. The fourth-order valence-electron chi connectivity index (χ4n) is 2.01. The minimum absolute atomic E-state index is 0.0675. The van der Waals surface area contributed by atoms with Crippen molar-refractivity contribution in [2.75, 3.05) is 11.5 Å². The molecule has 2 N–H and O–H groups in total. The number of carboxylic acids is 1. The van der Waals surface area contributed by atoms with E-state index in [1.807, 2.05) is 0 Å². The number of aromatic carboxylic acids is 1. The van der Waals surface area contributed by atoms with Crippen LogP contribution in [0.4, 0.5) is 5.69 Å². The molecule has 0 radical (unpaired) electrons. The van der Waals surface area contributed by atoms with Crippen molar-refractivity contribution in [3.05, 3.63) is 47.0 Å². The second-order valence-corrected chi connectivity index (χ2v) is 6.68. The number of anilines is 1. The zero-order valence-electron chi connectivity index (χ0n) is 11.4. The van der Waals surface area contributed by atoms with Crippen molar-refractivity contribution in [2.45, 2.75) is 4.90 Å². The summed E-state index contributed by atoms with van der Waals surface area (Å²) < 4.78 is 37.5. The van der Waals surface area contributed by atoms with Gasteiger partial charge >= 0.3 is 5.97 Å². The second-order valence-electron chi connectivity index (χ2n) is 4.62. The predicted molar refractivity (Wildman–Crippen MR) is 81.8 cm³/mol. The Morgan fingerprint density at radius 2 is 1.87 bits per heavy atom. The number of sulfonamides is 1. The summed E-state index contributed by atoms with van der Waals surface area (Å²) in [6.45, 7) is 0.0675. The summed E-state index contributed by atoms with van der Waals surface area (Å²) in [5.41, 5.74) is 0.0616. The standard InChI is InChI=1S/C14H10ClNO6S/c15-10-3-1-8(14(17)18)5-13(10)23(19,20)16-9-2-4-11-12(6-9)22-7-21-11/h1-6,16H,7H2,(H,17,18). The highest BCUT2D eigenvalue weighted by Gasteiger charge is 2.22. The Bertz CT molecular complexity index is 896. The van der Waals surface area contributed by atoms with E-state index in [9.17, 15) is 13.2 Å². The van der Waals surface area contributed by atoms with Crippen LogP contribution in [-0.2, 0) is 10.0 Å². The third-order valence-corrected chi connectivity index (χ3v) is 4.96. The van der Waals surface area contributed by atoms with Gasteiger partial charge in [0.1, 0.15) is 4.90 Å². The largest absolute Gasteiger partial charge is 0.478 e. The van der Waals surface area contributed by atoms with Crippen molar-refractivity contribution in [1.29, 1.82) is 0 Å². The summed E-state index contributed by atoms with van der Waals surface area (Å²) in [6.07, 6.45) is 0. The Labute approximate surface area is 136 Å². The first kappa shape index (κ1) is 15.4. The zero-order chi connectivity index (χ0) is 16.6. The summed E-state index contributed by atoms with van der Waals surface area (Å²) in [5.74, 6) is -0.323. The minimum atomic E-state index is -4.06. The van der Waals surface area contributed by atoms with E-state index in [0.29, 0.717) is 11.5 Å². The van der Waals surface area contributed by atoms with Crippen molar-refractivity contribution >= 4 is 33.3 Å². The number of carbonyl (C=O) groups is 1. The number of hydrogen-bond donors (Lipinski definition) is 2. The number of benzene rings is 2. The summed E-state index contributed by atoms with van der Waals surface area (Å²) in [7, 11) is -4.06. The molecule has 0 fully saturated rings. The van der Waals surface area contributed by atoms with Gasteiger partial charge in [0.2, 0.25) is 6.79 Å². The molecule has 0 bridgehead atoms. The fourth-order valence-corrected chi connectivity index (χ4v) is 3.59. The summed E-state index contributed by atoms with van der Waals surface area (Å²) >= 11 is 5.89. The Morgan fingerprint density at radius 1 is 1.13 bits per heavy atom. The molecule has 1 heterocycles. The van der Waals surface area contributed by atoms with Crippen molar-refractivity contribution < 1.29 is 27.8 Å². The van der Waals surface area contributed by atoms with Crippen LogP contribution in [0.5, 0.6) is 11.5 Å². The molecule has 120 valence electrons.